The van der Waals surface area contributed by atoms with Crippen LogP contribution in [0.3, 0.4) is 0 Å². The fraction of sp³-hybridized carbons (Fsp3) is 0.350. The maximum absolute atomic E-state index is 13.7. The lowest BCUT2D eigenvalue weighted by Gasteiger charge is -2.18. The van der Waals surface area contributed by atoms with E-state index in [9.17, 15) is 9.50 Å². The molecule has 0 aromatic heterocycles. The summed E-state index contributed by atoms with van der Waals surface area (Å²) in [5.74, 6) is 0.331. The Morgan fingerprint density at radius 3 is 2.56 bits per heavy atom. The quantitative estimate of drug-likeness (QED) is 0.305. The summed E-state index contributed by atoms with van der Waals surface area (Å²) >= 11 is 0. The second-order valence-electron chi connectivity index (χ2n) is 5.96. The van der Waals surface area contributed by atoms with E-state index < -0.39 is 0 Å². The number of halogens is 2. The maximum atomic E-state index is 13.7. The van der Waals surface area contributed by atoms with Gasteiger partial charge in [0.25, 0.3) is 0 Å². The van der Waals surface area contributed by atoms with Crippen LogP contribution in [-0.2, 0) is 17.9 Å². The topological polar surface area (TPSA) is 65.9 Å². The molecule has 2 aromatic rings. The van der Waals surface area contributed by atoms with Crippen molar-refractivity contribution in [2.24, 2.45) is 4.99 Å². The van der Waals surface area contributed by atoms with E-state index in [1.54, 1.807) is 26.3 Å². The highest BCUT2D eigenvalue weighted by Gasteiger charge is 2.11. The minimum atomic E-state index is -0.272. The molecule has 0 fully saturated rings. The number of nitrogens with one attached hydrogen (secondary N) is 2. The van der Waals surface area contributed by atoms with E-state index in [0.29, 0.717) is 24.6 Å². The van der Waals surface area contributed by atoms with Crippen molar-refractivity contribution in [3.8, 4) is 0 Å². The molecule has 0 spiro atoms. The van der Waals surface area contributed by atoms with Crippen LogP contribution in [0.4, 0.5) is 4.39 Å². The van der Waals surface area contributed by atoms with Crippen LogP contribution < -0.4 is 10.6 Å². The third kappa shape index (κ3) is 7.43. The van der Waals surface area contributed by atoms with Gasteiger partial charge < -0.3 is 20.5 Å². The molecule has 0 saturated carbocycles. The molecule has 2 aromatic carbocycles. The maximum Gasteiger partial charge on any atom is 0.191 e. The van der Waals surface area contributed by atoms with Crippen LogP contribution in [-0.4, -0.2) is 38.4 Å². The monoisotopic (exact) mass is 487 g/mol. The zero-order valence-electron chi connectivity index (χ0n) is 15.6. The molecule has 0 radical (unpaired) electrons. The minimum Gasteiger partial charge on any atom is -0.396 e. The number of nitrogens with zero attached hydrogens (tertiary/aromatic N) is 1. The molecule has 1 atom stereocenters. The molecule has 148 valence electrons. The number of hydrogen-bond donors (Lipinski definition) is 3. The highest BCUT2D eigenvalue weighted by atomic mass is 127. The Morgan fingerprint density at radius 2 is 1.93 bits per heavy atom. The first kappa shape index (κ1) is 23.3. The predicted octanol–water partition coefficient (Wildman–Crippen LogP) is 3.03. The van der Waals surface area contributed by atoms with Gasteiger partial charge in [0.1, 0.15) is 5.82 Å². The van der Waals surface area contributed by atoms with E-state index >= 15 is 0 Å². The van der Waals surface area contributed by atoms with Gasteiger partial charge in [0, 0.05) is 38.7 Å². The molecule has 0 saturated heterocycles. The third-order valence-electron chi connectivity index (χ3n) is 4.10. The van der Waals surface area contributed by atoms with E-state index in [1.165, 1.54) is 6.07 Å². The molecule has 7 heteroatoms. The molecule has 0 amide bonds. The van der Waals surface area contributed by atoms with E-state index in [1.807, 2.05) is 30.3 Å². The number of aliphatic hydroxyl groups is 1. The summed E-state index contributed by atoms with van der Waals surface area (Å²) in [6.07, 6.45) is 0. The highest BCUT2D eigenvalue weighted by Crippen LogP contribution is 2.14. The fourth-order valence-electron chi connectivity index (χ4n) is 2.64. The minimum absolute atomic E-state index is 0. The van der Waals surface area contributed by atoms with Gasteiger partial charge in [-0.25, -0.2) is 4.39 Å². The fourth-order valence-corrected chi connectivity index (χ4v) is 2.64. The van der Waals surface area contributed by atoms with Gasteiger partial charge in [0.05, 0.1) is 13.2 Å². The molecule has 0 aliphatic carbocycles. The van der Waals surface area contributed by atoms with Crippen molar-refractivity contribution in [3.63, 3.8) is 0 Å². The van der Waals surface area contributed by atoms with Crippen LogP contribution in [0.5, 0.6) is 0 Å². The number of aliphatic imine (C=N–C) groups is 1. The second-order valence-corrected chi connectivity index (χ2v) is 5.96. The van der Waals surface area contributed by atoms with Crippen LogP contribution >= 0.6 is 24.0 Å². The number of ether oxygens (including phenoxy) is 1. The van der Waals surface area contributed by atoms with Gasteiger partial charge in [0.15, 0.2) is 5.96 Å². The molecule has 3 N–H and O–H groups in total. The van der Waals surface area contributed by atoms with Gasteiger partial charge in [0.2, 0.25) is 0 Å². The molecule has 5 nitrogen and oxygen atoms in total. The average molecular weight is 487 g/mol. The van der Waals surface area contributed by atoms with Gasteiger partial charge >= 0.3 is 0 Å². The van der Waals surface area contributed by atoms with Gasteiger partial charge in [-0.05, 0) is 23.3 Å². The number of benzene rings is 2. The van der Waals surface area contributed by atoms with Crippen molar-refractivity contribution in [2.45, 2.75) is 19.1 Å². The van der Waals surface area contributed by atoms with Gasteiger partial charge in [-0.1, -0.05) is 36.4 Å². The Bertz CT molecular complexity index is 714. The van der Waals surface area contributed by atoms with E-state index in [4.69, 9.17) is 4.74 Å². The zero-order chi connectivity index (χ0) is 18.8. The summed E-state index contributed by atoms with van der Waals surface area (Å²) in [7, 11) is 3.23. The second kappa shape index (κ2) is 12.6. The van der Waals surface area contributed by atoms with Crippen molar-refractivity contribution in [1.29, 1.82) is 0 Å². The van der Waals surface area contributed by atoms with Crippen LogP contribution in [0.1, 0.15) is 22.6 Å². The Hall–Kier alpha value is -1.71. The first-order valence-corrected chi connectivity index (χ1v) is 8.54. The van der Waals surface area contributed by atoms with Gasteiger partial charge in [-0.2, -0.15) is 0 Å². The first-order chi connectivity index (χ1) is 12.7. The normalized spacial score (nSPS) is 12.2. The highest BCUT2D eigenvalue weighted by molar-refractivity contribution is 14.0. The molecular formula is C20H27FIN3O2. The van der Waals surface area contributed by atoms with E-state index in [2.05, 4.69) is 15.6 Å². The molecule has 2 rings (SSSR count). The summed E-state index contributed by atoms with van der Waals surface area (Å²) in [5, 5.41) is 16.1. The standard InChI is InChI=1S/C20H26FN3O2.HI/c1-22-20(24-12-18(13-25)16-6-4-3-5-7-16)23-11-15-8-9-19(21)17(10-15)14-26-2;/h3-10,18,25H,11-14H2,1-2H3,(H2,22,23,24);1H. The number of rotatable bonds is 8. The Morgan fingerprint density at radius 1 is 1.19 bits per heavy atom. The summed E-state index contributed by atoms with van der Waals surface area (Å²) in [5.41, 5.74) is 2.53. The SMILES string of the molecule is CN=C(NCc1ccc(F)c(COC)c1)NCC(CO)c1ccccc1.I. The van der Waals surface area contributed by atoms with E-state index in [-0.39, 0.29) is 48.9 Å². The number of methoxy groups -OCH3 is 1. The lowest BCUT2D eigenvalue weighted by Crippen LogP contribution is -2.39. The largest absolute Gasteiger partial charge is 0.396 e. The zero-order valence-corrected chi connectivity index (χ0v) is 17.9. The van der Waals surface area contributed by atoms with Gasteiger partial charge in [-0.15, -0.1) is 24.0 Å². The van der Waals surface area contributed by atoms with Crippen molar-refractivity contribution in [2.75, 3.05) is 27.3 Å². The molecule has 27 heavy (non-hydrogen) atoms. The summed E-state index contributed by atoms with van der Waals surface area (Å²) in [4.78, 5) is 4.19. The number of aliphatic hydroxyl groups excluding tert-OH is 1. The van der Waals surface area contributed by atoms with Crippen molar-refractivity contribution >= 4 is 29.9 Å². The Kier molecular flexibility index (Phi) is 10.9. The molecular weight excluding hydrogens is 460 g/mol. The predicted molar refractivity (Wildman–Crippen MR) is 117 cm³/mol. The van der Waals surface area contributed by atoms with Gasteiger partial charge in [-0.3, -0.25) is 4.99 Å². The molecule has 1 unspecified atom stereocenters. The van der Waals surface area contributed by atoms with Crippen molar-refractivity contribution in [3.05, 3.63) is 71.0 Å². The Balaban J connectivity index is 0.00000364. The number of guanidine groups is 1. The smallest absolute Gasteiger partial charge is 0.191 e. The first-order valence-electron chi connectivity index (χ1n) is 8.54. The van der Waals surface area contributed by atoms with Crippen molar-refractivity contribution < 1.29 is 14.2 Å². The lowest BCUT2D eigenvalue weighted by molar-refractivity contribution is 0.181. The summed E-state index contributed by atoms with van der Waals surface area (Å²) in [6, 6.07) is 14.8. The summed E-state index contributed by atoms with van der Waals surface area (Å²) in [6.45, 7) is 1.35. The van der Waals surface area contributed by atoms with E-state index in [0.717, 1.165) is 11.1 Å². The molecule has 0 heterocycles. The third-order valence-corrected chi connectivity index (χ3v) is 4.10. The van der Waals surface area contributed by atoms with Crippen LogP contribution in [0, 0.1) is 5.82 Å². The molecule has 0 aliphatic rings. The summed E-state index contributed by atoms with van der Waals surface area (Å²) < 4.78 is 18.7. The van der Waals surface area contributed by atoms with Crippen LogP contribution in [0.15, 0.2) is 53.5 Å². The van der Waals surface area contributed by atoms with Crippen LogP contribution in [0.25, 0.3) is 0 Å². The Labute approximate surface area is 177 Å². The molecule has 0 bridgehead atoms. The van der Waals surface area contributed by atoms with Crippen molar-refractivity contribution in [1.82, 2.24) is 10.6 Å². The number of hydrogen-bond acceptors (Lipinski definition) is 3. The van der Waals surface area contributed by atoms with Crippen LogP contribution in [0.2, 0.25) is 0 Å². The average Bonchev–Trinajstić information content (AvgIpc) is 2.68. The lowest BCUT2D eigenvalue weighted by atomic mass is 10.0. The molecule has 0 aliphatic heterocycles.